The SMILES string of the molecule is CC(C)c1ccc2c(c1)OC1(O)c3cc(Br)ccc3C(=O)C21O. The van der Waals surface area contributed by atoms with E-state index in [2.05, 4.69) is 15.9 Å². The predicted octanol–water partition coefficient (Wildman–Crippen LogP) is 3.19. The highest BCUT2D eigenvalue weighted by atomic mass is 79.9. The number of ether oxygens (including phenoxy) is 1. The molecule has 0 amide bonds. The molecular weight excluding hydrogens is 360 g/mol. The van der Waals surface area contributed by atoms with Crippen molar-refractivity contribution >= 4 is 21.7 Å². The van der Waals surface area contributed by atoms with Crippen LogP contribution in [-0.2, 0) is 11.4 Å². The van der Waals surface area contributed by atoms with Crippen molar-refractivity contribution in [2.45, 2.75) is 31.2 Å². The first-order valence-corrected chi connectivity index (χ1v) is 8.21. The van der Waals surface area contributed by atoms with E-state index < -0.39 is 17.2 Å². The molecule has 2 unspecified atom stereocenters. The molecule has 2 atom stereocenters. The van der Waals surface area contributed by atoms with Gasteiger partial charge in [-0.1, -0.05) is 41.9 Å². The Hall–Kier alpha value is -1.69. The first kappa shape index (κ1) is 14.9. The molecule has 0 fully saturated rings. The Kier molecular flexibility index (Phi) is 2.87. The molecule has 0 bridgehead atoms. The van der Waals surface area contributed by atoms with Gasteiger partial charge in [0.1, 0.15) is 5.75 Å². The lowest BCUT2D eigenvalue weighted by molar-refractivity contribution is -0.224. The highest BCUT2D eigenvalue weighted by molar-refractivity contribution is 9.10. The molecule has 118 valence electrons. The molecule has 0 spiro atoms. The van der Waals surface area contributed by atoms with Crippen LogP contribution in [0.2, 0.25) is 0 Å². The van der Waals surface area contributed by atoms with Crippen molar-refractivity contribution < 1.29 is 19.7 Å². The number of hydrogen-bond acceptors (Lipinski definition) is 4. The van der Waals surface area contributed by atoms with Gasteiger partial charge in [0.25, 0.3) is 5.79 Å². The first-order valence-electron chi connectivity index (χ1n) is 7.42. The molecule has 1 aliphatic heterocycles. The summed E-state index contributed by atoms with van der Waals surface area (Å²) in [5.74, 6) is -2.02. The predicted molar refractivity (Wildman–Crippen MR) is 87.4 cm³/mol. The number of aliphatic hydroxyl groups is 2. The van der Waals surface area contributed by atoms with Crippen molar-refractivity contribution in [3.05, 3.63) is 63.1 Å². The summed E-state index contributed by atoms with van der Waals surface area (Å²) >= 11 is 3.33. The number of carbonyl (C=O) groups excluding carboxylic acids is 1. The smallest absolute Gasteiger partial charge is 0.276 e. The summed E-state index contributed by atoms with van der Waals surface area (Å²) in [7, 11) is 0. The van der Waals surface area contributed by atoms with Crippen molar-refractivity contribution in [2.75, 3.05) is 0 Å². The minimum Gasteiger partial charge on any atom is -0.454 e. The third-order valence-corrected chi connectivity index (χ3v) is 5.22. The van der Waals surface area contributed by atoms with Crippen molar-refractivity contribution in [3.8, 4) is 5.75 Å². The maximum Gasteiger partial charge on any atom is 0.276 e. The Morgan fingerprint density at radius 1 is 1.09 bits per heavy atom. The van der Waals surface area contributed by atoms with Gasteiger partial charge in [0.05, 0.1) is 0 Å². The molecule has 5 heteroatoms. The molecule has 1 aliphatic carbocycles. The number of halogens is 1. The van der Waals surface area contributed by atoms with Gasteiger partial charge in [-0.15, -0.1) is 0 Å². The van der Waals surface area contributed by atoms with Crippen LogP contribution < -0.4 is 4.74 Å². The van der Waals surface area contributed by atoms with Crippen LogP contribution in [0.5, 0.6) is 5.75 Å². The molecule has 2 N–H and O–H groups in total. The van der Waals surface area contributed by atoms with Crippen molar-refractivity contribution in [1.82, 2.24) is 0 Å². The highest BCUT2D eigenvalue weighted by Crippen LogP contribution is 2.58. The van der Waals surface area contributed by atoms with E-state index >= 15 is 0 Å². The molecule has 0 aromatic heterocycles. The van der Waals surface area contributed by atoms with Crippen LogP contribution >= 0.6 is 15.9 Å². The highest BCUT2D eigenvalue weighted by Gasteiger charge is 2.70. The molecule has 4 nitrogen and oxygen atoms in total. The summed E-state index contributed by atoms with van der Waals surface area (Å²) in [6.45, 7) is 4.08. The largest absolute Gasteiger partial charge is 0.454 e. The average molecular weight is 375 g/mol. The van der Waals surface area contributed by atoms with E-state index in [1.54, 1.807) is 30.3 Å². The van der Waals surface area contributed by atoms with Gasteiger partial charge in [-0.3, -0.25) is 4.79 Å². The molecule has 1 heterocycles. The second-order valence-corrected chi connectivity index (χ2v) is 7.30. The van der Waals surface area contributed by atoms with Gasteiger partial charge in [-0.05, 0) is 35.7 Å². The van der Waals surface area contributed by atoms with E-state index in [0.717, 1.165) is 5.56 Å². The van der Waals surface area contributed by atoms with Gasteiger partial charge in [0.15, 0.2) is 0 Å². The van der Waals surface area contributed by atoms with Crippen LogP contribution in [0, 0.1) is 0 Å². The number of benzene rings is 2. The Bertz CT molecular complexity index is 860. The molecule has 2 aliphatic rings. The lowest BCUT2D eigenvalue weighted by Gasteiger charge is -2.28. The maximum atomic E-state index is 12.8. The first-order chi connectivity index (χ1) is 10.8. The molecule has 4 rings (SSSR count). The van der Waals surface area contributed by atoms with Gasteiger partial charge in [-0.2, -0.15) is 0 Å². The molecule has 2 aromatic rings. The maximum absolute atomic E-state index is 12.8. The summed E-state index contributed by atoms with van der Waals surface area (Å²) < 4.78 is 6.43. The summed E-state index contributed by atoms with van der Waals surface area (Å²) in [6, 6.07) is 10.2. The fourth-order valence-electron chi connectivity index (χ4n) is 3.41. The van der Waals surface area contributed by atoms with Crippen LogP contribution in [0.3, 0.4) is 0 Å². The summed E-state index contributed by atoms with van der Waals surface area (Å²) in [5.41, 5.74) is -0.237. The number of rotatable bonds is 1. The molecule has 0 radical (unpaired) electrons. The van der Waals surface area contributed by atoms with E-state index in [9.17, 15) is 15.0 Å². The lowest BCUT2D eigenvalue weighted by atomic mass is 9.86. The number of ketones is 1. The van der Waals surface area contributed by atoms with E-state index in [0.29, 0.717) is 15.8 Å². The molecular formula is C18H15BrO4. The molecule has 0 saturated carbocycles. The van der Waals surface area contributed by atoms with Crippen molar-refractivity contribution in [2.24, 2.45) is 0 Å². The van der Waals surface area contributed by atoms with Gasteiger partial charge < -0.3 is 14.9 Å². The lowest BCUT2D eigenvalue weighted by Crippen LogP contribution is -2.48. The fourth-order valence-corrected chi connectivity index (χ4v) is 3.77. The summed E-state index contributed by atoms with van der Waals surface area (Å²) in [4.78, 5) is 12.8. The normalized spacial score (nSPS) is 27.7. The van der Waals surface area contributed by atoms with Gasteiger partial charge in [0.2, 0.25) is 11.4 Å². The van der Waals surface area contributed by atoms with Crippen molar-refractivity contribution in [3.63, 3.8) is 0 Å². The van der Waals surface area contributed by atoms with Crippen LogP contribution in [-0.4, -0.2) is 16.0 Å². The zero-order valence-electron chi connectivity index (χ0n) is 12.6. The average Bonchev–Trinajstić information content (AvgIpc) is 2.83. The van der Waals surface area contributed by atoms with Crippen LogP contribution in [0.25, 0.3) is 0 Å². The van der Waals surface area contributed by atoms with Gasteiger partial charge in [0, 0.05) is 21.2 Å². The third-order valence-electron chi connectivity index (χ3n) is 4.73. The minimum atomic E-state index is -2.11. The van der Waals surface area contributed by atoms with E-state index in [4.69, 9.17) is 4.74 Å². The molecule has 23 heavy (non-hydrogen) atoms. The Morgan fingerprint density at radius 2 is 1.83 bits per heavy atom. The zero-order chi connectivity index (χ0) is 16.6. The topological polar surface area (TPSA) is 66.8 Å². The standard InChI is InChI=1S/C18H15BrO4/c1-9(2)10-3-6-13-15(7-10)23-18(22)14-8-11(19)4-5-12(14)16(20)17(13,18)21/h3-9,21-22H,1-2H3. The van der Waals surface area contributed by atoms with Crippen LogP contribution in [0.4, 0.5) is 0 Å². The number of fused-ring (bicyclic) bond motifs is 5. The Balaban J connectivity index is 1.97. The van der Waals surface area contributed by atoms with Gasteiger partial charge in [-0.25, -0.2) is 0 Å². The second-order valence-electron chi connectivity index (χ2n) is 6.39. The van der Waals surface area contributed by atoms with Crippen LogP contribution in [0.15, 0.2) is 40.9 Å². The quantitative estimate of drug-likeness (QED) is 0.804. The fraction of sp³-hybridized carbons (Fsp3) is 0.278. The molecule has 0 saturated heterocycles. The van der Waals surface area contributed by atoms with Crippen molar-refractivity contribution in [1.29, 1.82) is 0 Å². The Morgan fingerprint density at radius 3 is 2.52 bits per heavy atom. The zero-order valence-corrected chi connectivity index (χ0v) is 14.2. The van der Waals surface area contributed by atoms with E-state index in [1.807, 2.05) is 19.9 Å². The number of carbonyl (C=O) groups is 1. The Labute approximate surface area is 141 Å². The number of Topliss-reactive ketones (excluding diaryl/α,β-unsaturated/α-hetero) is 1. The summed E-state index contributed by atoms with van der Waals surface area (Å²) in [6.07, 6.45) is 0. The molecule has 2 aromatic carbocycles. The second kappa shape index (κ2) is 4.44. The third kappa shape index (κ3) is 1.65. The van der Waals surface area contributed by atoms with Crippen LogP contribution in [0.1, 0.15) is 46.8 Å². The van der Waals surface area contributed by atoms with E-state index in [1.165, 1.54) is 0 Å². The number of hydrogen-bond donors (Lipinski definition) is 2. The minimum absolute atomic E-state index is 0.269. The summed E-state index contributed by atoms with van der Waals surface area (Å²) in [5, 5.41) is 22.2. The monoisotopic (exact) mass is 374 g/mol. The van der Waals surface area contributed by atoms with Gasteiger partial charge >= 0.3 is 0 Å². The van der Waals surface area contributed by atoms with E-state index in [-0.39, 0.29) is 17.0 Å².